The molecular formula is C37H76N2O. The summed E-state index contributed by atoms with van der Waals surface area (Å²) < 4.78 is 5.86. The van der Waals surface area contributed by atoms with Gasteiger partial charge in [-0.1, -0.05) is 162 Å². The quantitative estimate of drug-likeness (QED) is 0.0582. The molecule has 0 amide bonds. The zero-order valence-electron chi connectivity index (χ0n) is 28.6. The molecule has 0 aromatic heterocycles. The molecule has 0 radical (unpaired) electrons. The normalized spacial score (nSPS) is 11.6. The average molecular weight is 565 g/mol. The van der Waals surface area contributed by atoms with Crippen LogP contribution in [0.4, 0.5) is 0 Å². The number of ether oxygens (including phenoxy) is 1. The molecule has 0 spiro atoms. The molecule has 3 nitrogen and oxygen atoms in total. The summed E-state index contributed by atoms with van der Waals surface area (Å²) in [4.78, 5) is 4.44. The van der Waals surface area contributed by atoms with E-state index in [-0.39, 0.29) is 0 Å². The Balaban J connectivity index is 3.99. The van der Waals surface area contributed by atoms with Gasteiger partial charge in [-0.2, -0.15) is 0 Å². The van der Waals surface area contributed by atoms with Gasteiger partial charge in [-0.05, 0) is 52.4 Å². The van der Waals surface area contributed by atoms with Crippen LogP contribution in [0.3, 0.4) is 0 Å². The highest BCUT2D eigenvalue weighted by atomic mass is 16.5. The monoisotopic (exact) mass is 565 g/mol. The minimum atomic E-state index is 0.788. The van der Waals surface area contributed by atoms with Crippen molar-refractivity contribution in [3.63, 3.8) is 0 Å². The Morgan fingerprint density at radius 3 is 1.30 bits per heavy atom. The summed E-state index contributed by atoms with van der Waals surface area (Å²) >= 11 is 0. The lowest BCUT2D eigenvalue weighted by Gasteiger charge is -2.22. The molecule has 0 N–H and O–H groups in total. The molecule has 0 fully saturated rings. The zero-order valence-corrected chi connectivity index (χ0v) is 28.6. The van der Waals surface area contributed by atoms with E-state index in [9.17, 15) is 0 Å². The van der Waals surface area contributed by atoms with Gasteiger partial charge in [-0.15, -0.1) is 0 Å². The summed E-state index contributed by atoms with van der Waals surface area (Å²) in [6.45, 7) is 11.7. The molecule has 0 heterocycles. The second-order valence-corrected chi connectivity index (χ2v) is 13.1. The second-order valence-electron chi connectivity index (χ2n) is 13.1. The van der Waals surface area contributed by atoms with Crippen LogP contribution in [0, 0.1) is 5.92 Å². The fourth-order valence-electron chi connectivity index (χ4n) is 5.83. The minimum absolute atomic E-state index is 0.788. The van der Waals surface area contributed by atoms with Gasteiger partial charge in [0.15, 0.2) is 5.88 Å². The van der Waals surface area contributed by atoms with Gasteiger partial charge in [-0.25, -0.2) is 0 Å². The molecule has 0 atom stereocenters. The molecule has 240 valence electrons. The van der Waals surface area contributed by atoms with Crippen molar-refractivity contribution in [3.05, 3.63) is 12.5 Å². The number of hydrogen-bond acceptors (Lipinski definition) is 3. The Hall–Kier alpha value is -0.700. The highest BCUT2D eigenvalue weighted by Gasteiger charge is 2.09. The first-order valence-electron chi connectivity index (χ1n) is 18.2. The van der Waals surface area contributed by atoms with Crippen LogP contribution < -0.4 is 0 Å². The first-order valence-corrected chi connectivity index (χ1v) is 18.2. The topological polar surface area (TPSA) is 15.7 Å². The highest BCUT2D eigenvalue weighted by molar-refractivity contribution is 4.80. The maximum atomic E-state index is 5.86. The highest BCUT2D eigenvalue weighted by Crippen LogP contribution is 2.25. The second kappa shape index (κ2) is 31.2. The SMILES string of the molecule is C=C(OCCCCN(C)C)N(C)CCCCCCCC(CCCCCCCCCC)CCCCCCCCCC. The largest absolute Gasteiger partial charge is 0.480 e. The Labute approximate surface area is 254 Å². The number of nitrogens with zero attached hydrogens (tertiary/aromatic N) is 2. The van der Waals surface area contributed by atoms with Crippen molar-refractivity contribution in [2.45, 2.75) is 181 Å². The maximum Gasteiger partial charge on any atom is 0.181 e. The van der Waals surface area contributed by atoms with E-state index in [0.717, 1.165) is 37.9 Å². The lowest BCUT2D eigenvalue weighted by molar-refractivity contribution is 0.123. The Kier molecular flexibility index (Phi) is 30.7. The minimum Gasteiger partial charge on any atom is -0.480 e. The third kappa shape index (κ3) is 28.8. The number of unbranched alkanes of at least 4 members (excludes halogenated alkanes) is 19. The average Bonchev–Trinajstić information content (AvgIpc) is 2.94. The molecule has 0 bridgehead atoms. The maximum absolute atomic E-state index is 5.86. The van der Waals surface area contributed by atoms with E-state index < -0.39 is 0 Å². The van der Waals surface area contributed by atoms with Crippen LogP contribution in [0.5, 0.6) is 0 Å². The van der Waals surface area contributed by atoms with Crippen molar-refractivity contribution in [1.29, 1.82) is 0 Å². The number of hydrogen-bond donors (Lipinski definition) is 0. The molecule has 0 aliphatic heterocycles. The molecular weight excluding hydrogens is 488 g/mol. The Morgan fingerprint density at radius 2 is 0.875 bits per heavy atom. The molecule has 0 aliphatic carbocycles. The molecule has 0 rings (SSSR count). The van der Waals surface area contributed by atoms with E-state index in [1.807, 2.05) is 0 Å². The third-order valence-electron chi connectivity index (χ3n) is 8.73. The van der Waals surface area contributed by atoms with E-state index in [0.29, 0.717) is 0 Å². The van der Waals surface area contributed by atoms with Gasteiger partial charge in [0.05, 0.1) is 6.61 Å². The molecule has 0 saturated heterocycles. The molecule has 0 saturated carbocycles. The summed E-state index contributed by atoms with van der Waals surface area (Å²) in [7, 11) is 6.38. The van der Waals surface area contributed by atoms with Crippen molar-refractivity contribution in [2.75, 3.05) is 40.8 Å². The van der Waals surface area contributed by atoms with Crippen molar-refractivity contribution >= 4 is 0 Å². The van der Waals surface area contributed by atoms with E-state index >= 15 is 0 Å². The van der Waals surface area contributed by atoms with Crippen molar-refractivity contribution < 1.29 is 4.74 Å². The molecule has 0 unspecified atom stereocenters. The Bertz CT molecular complexity index is 486. The fourth-order valence-corrected chi connectivity index (χ4v) is 5.83. The summed E-state index contributed by atoms with van der Waals surface area (Å²) in [5, 5.41) is 0. The fraction of sp³-hybridized carbons (Fsp3) is 0.946. The molecule has 0 aromatic rings. The van der Waals surface area contributed by atoms with Crippen molar-refractivity contribution in [3.8, 4) is 0 Å². The summed E-state index contributed by atoms with van der Waals surface area (Å²) in [6, 6.07) is 0. The molecule has 0 aromatic carbocycles. The predicted octanol–water partition coefficient (Wildman–Crippen LogP) is 11.8. The van der Waals surface area contributed by atoms with E-state index in [1.54, 1.807) is 0 Å². The predicted molar refractivity (Wildman–Crippen MR) is 181 cm³/mol. The zero-order chi connectivity index (χ0) is 29.5. The van der Waals surface area contributed by atoms with Crippen molar-refractivity contribution in [2.24, 2.45) is 5.92 Å². The number of rotatable bonds is 33. The van der Waals surface area contributed by atoms with Crippen LogP contribution in [0.2, 0.25) is 0 Å². The van der Waals surface area contributed by atoms with Crippen LogP contribution in [0.1, 0.15) is 181 Å². The summed E-state index contributed by atoms with van der Waals surface area (Å²) in [6.07, 6.45) is 36.7. The lowest BCUT2D eigenvalue weighted by Crippen LogP contribution is -2.21. The first-order chi connectivity index (χ1) is 19.5. The van der Waals surface area contributed by atoms with E-state index in [2.05, 4.69) is 51.4 Å². The van der Waals surface area contributed by atoms with Crippen LogP contribution >= 0.6 is 0 Å². The summed E-state index contributed by atoms with van der Waals surface area (Å²) in [5.41, 5.74) is 0. The van der Waals surface area contributed by atoms with Gasteiger partial charge < -0.3 is 14.5 Å². The van der Waals surface area contributed by atoms with Gasteiger partial charge in [0, 0.05) is 13.6 Å². The van der Waals surface area contributed by atoms with Gasteiger partial charge in [0.25, 0.3) is 0 Å². The van der Waals surface area contributed by atoms with Crippen molar-refractivity contribution in [1.82, 2.24) is 9.80 Å². The third-order valence-corrected chi connectivity index (χ3v) is 8.73. The van der Waals surface area contributed by atoms with Crippen LogP contribution in [-0.2, 0) is 4.74 Å². The van der Waals surface area contributed by atoms with E-state index in [4.69, 9.17) is 4.74 Å². The van der Waals surface area contributed by atoms with E-state index in [1.165, 1.54) is 161 Å². The van der Waals surface area contributed by atoms with Gasteiger partial charge in [-0.3, -0.25) is 0 Å². The van der Waals surface area contributed by atoms with Crippen LogP contribution in [0.25, 0.3) is 0 Å². The van der Waals surface area contributed by atoms with Gasteiger partial charge >= 0.3 is 0 Å². The standard InChI is InChI=1S/C37H76N2O/c1-7-9-11-13-15-17-20-24-30-37(31-25-21-18-16-14-12-10-8-2)32-26-22-19-23-27-34-39(6)36(3)40-35-29-28-33-38(4)5/h37H,3,7-35H2,1-2,4-6H3. The Morgan fingerprint density at radius 1 is 0.500 bits per heavy atom. The van der Waals surface area contributed by atoms with Gasteiger partial charge in [0.1, 0.15) is 0 Å². The van der Waals surface area contributed by atoms with Crippen LogP contribution in [-0.4, -0.2) is 50.6 Å². The molecule has 3 heteroatoms. The molecule has 0 aliphatic rings. The lowest BCUT2D eigenvalue weighted by atomic mass is 9.89. The van der Waals surface area contributed by atoms with Gasteiger partial charge in [0.2, 0.25) is 0 Å². The van der Waals surface area contributed by atoms with Crippen LogP contribution in [0.15, 0.2) is 12.5 Å². The summed E-state index contributed by atoms with van der Waals surface area (Å²) in [5.74, 6) is 1.83. The smallest absolute Gasteiger partial charge is 0.181 e. The molecule has 40 heavy (non-hydrogen) atoms. The first kappa shape index (κ1) is 39.3.